The summed E-state index contributed by atoms with van der Waals surface area (Å²) in [6, 6.07) is 13.7. The number of hydrogen-bond acceptors (Lipinski definition) is 4. The van der Waals surface area contributed by atoms with E-state index in [1.165, 1.54) is 11.8 Å². The van der Waals surface area contributed by atoms with Gasteiger partial charge in [0.25, 0.3) is 0 Å². The van der Waals surface area contributed by atoms with Gasteiger partial charge in [0.05, 0.1) is 17.3 Å². The van der Waals surface area contributed by atoms with Crippen LogP contribution in [0.5, 0.6) is 5.75 Å². The Kier molecular flexibility index (Phi) is 5.53. The first kappa shape index (κ1) is 19.4. The lowest BCUT2D eigenvalue weighted by Crippen LogP contribution is -2.33. The van der Waals surface area contributed by atoms with Crippen LogP contribution in [0.1, 0.15) is 23.9 Å². The smallest absolute Gasteiger partial charge is 0.208 e. The van der Waals surface area contributed by atoms with Gasteiger partial charge in [-0.3, -0.25) is 0 Å². The Labute approximate surface area is 160 Å². The monoisotopic (exact) mass is 387 g/mol. The molecule has 1 aromatic heterocycles. The van der Waals surface area contributed by atoms with E-state index in [-0.39, 0.29) is 6.04 Å². The van der Waals surface area contributed by atoms with E-state index in [0.29, 0.717) is 13.0 Å². The molecule has 27 heavy (non-hydrogen) atoms. The summed E-state index contributed by atoms with van der Waals surface area (Å²) in [5.41, 5.74) is 4.30. The van der Waals surface area contributed by atoms with Crippen molar-refractivity contribution < 1.29 is 13.2 Å². The fourth-order valence-electron chi connectivity index (χ4n) is 3.11. The predicted molar refractivity (Wildman–Crippen MR) is 107 cm³/mol. The molecule has 0 aliphatic rings. The molecule has 0 spiro atoms. The first-order chi connectivity index (χ1) is 12.7. The number of benzene rings is 2. The van der Waals surface area contributed by atoms with Crippen molar-refractivity contribution in [2.45, 2.75) is 32.9 Å². The number of aryl methyl sites for hydroxylation is 2. The second kappa shape index (κ2) is 7.70. The van der Waals surface area contributed by atoms with Crippen LogP contribution in [-0.2, 0) is 30.1 Å². The van der Waals surface area contributed by atoms with Crippen LogP contribution in [0.25, 0.3) is 11.0 Å². The third-order valence-corrected chi connectivity index (χ3v) is 5.21. The Morgan fingerprint density at radius 1 is 1.19 bits per heavy atom. The molecule has 6 nitrogen and oxygen atoms in total. The molecule has 144 valence electrons. The first-order valence-electron chi connectivity index (χ1n) is 8.82. The highest BCUT2D eigenvalue weighted by Crippen LogP contribution is 2.19. The van der Waals surface area contributed by atoms with Crippen molar-refractivity contribution in [3.05, 3.63) is 59.4 Å². The van der Waals surface area contributed by atoms with Gasteiger partial charge >= 0.3 is 0 Å². The van der Waals surface area contributed by atoms with E-state index in [0.717, 1.165) is 28.2 Å². The minimum atomic E-state index is -3.19. The molecule has 0 radical (unpaired) electrons. The maximum Gasteiger partial charge on any atom is 0.208 e. The zero-order valence-electron chi connectivity index (χ0n) is 16.1. The maximum atomic E-state index is 11.3. The fraction of sp³-hybridized carbons (Fsp3) is 0.350. The van der Waals surface area contributed by atoms with E-state index >= 15 is 0 Å². The standard InChI is InChI=1S/C20H25N3O3S/c1-14-5-10-18-19(11-14)23(3)20(21-18)13-26-17-8-6-16(7-9-17)12-15(2)22-27(4,24)25/h5-11,15,22H,12-13H2,1-4H3. The van der Waals surface area contributed by atoms with Crippen molar-refractivity contribution >= 4 is 21.1 Å². The van der Waals surface area contributed by atoms with Gasteiger partial charge in [-0.15, -0.1) is 0 Å². The lowest BCUT2D eigenvalue weighted by molar-refractivity contribution is 0.292. The molecule has 0 saturated carbocycles. The van der Waals surface area contributed by atoms with Gasteiger partial charge in [0.2, 0.25) is 10.0 Å². The van der Waals surface area contributed by atoms with Crippen molar-refractivity contribution in [1.82, 2.24) is 14.3 Å². The number of rotatable bonds is 7. The molecule has 1 heterocycles. The van der Waals surface area contributed by atoms with E-state index in [1.54, 1.807) is 0 Å². The van der Waals surface area contributed by atoms with Crippen LogP contribution in [0.15, 0.2) is 42.5 Å². The summed E-state index contributed by atoms with van der Waals surface area (Å²) in [5, 5.41) is 0. The van der Waals surface area contributed by atoms with Gasteiger partial charge in [-0.1, -0.05) is 18.2 Å². The summed E-state index contributed by atoms with van der Waals surface area (Å²) in [5.74, 6) is 1.62. The second-order valence-electron chi connectivity index (χ2n) is 7.01. The molecule has 1 N–H and O–H groups in total. The summed E-state index contributed by atoms with van der Waals surface area (Å²) in [6.45, 7) is 4.30. The van der Waals surface area contributed by atoms with Crippen LogP contribution in [0.3, 0.4) is 0 Å². The molecule has 0 saturated heterocycles. The van der Waals surface area contributed by atoms with E-state index in [2.05, 4.69) is 33.3 Å². The molecule has 3 aromatic rings. The summed E-state index contributed by atoms with van der Waals surface area (Å²) < 4.78 is 33.1. The number of ether oxygens (including phenoxy) is 1. The van der Waals surface area contributed by atoms with Crippen molar-refractivity contribution in [2.75, 3.05) is 6.26 Å². The quantitative estimate of drug-likeness (QED) is 0.676. The number of imidazole rings is 1. The number of sulfonamides is 1. The number of hydrogen-bond donors (Lipinski definition) is 1. The summed E-state index contributed by atoms with van der Waals surface area (Å²) in [7, 11) is -1.20. The van der Waals surface area contributed by atoms with Crippen LogP contribution >= 0.6 is 0 Å². The fourth-order valence-corrected chi connectivity index (χ4v) is 3.92. The Balaban J connectivity index is 1.63. The highest BCUT2D eigenvalue weighted by Gasteiger charge is 2.10. The van der Waals surface area contributed by atoms with Crippen LogP contribution in [-0.4, -0.2) is 30.3 Å². The van der Waals surface area contributed by atoms with Crippen LogP contribution in [0, 0.1) is 6.92 Å². The summed E-state index contributed by atoms with van der Waals surface area (Å²) in [6.07, 6.45) is 1.79. The van der Waals surface area contributed by atoms with Crippen molar-refractivity contribution in [3.8, 4) is 5.75 Å². The Morgan fingerprint density at radius 2 is 1.89 bits per heavy atom. The Morgan fingerprint density at radius 3 is 2.56 bits per heavy atom. The summed E-state index contributed by atoms with van der Waals surface area (Å²) in [4.78, 5) is 4.63. The van der Waals surface area contributed by atoms with Gasteiger partial charge in [-0.05, 0) is 55.7 Å². The lowest BCUT2D eigenvalue weighted by Gasteiger charge is -2.12. The first-order valence-corrected chi connectivity index (χ1v) is 10.7. The number of fused-ring (bicyclic) bond motifs is 1. The van der Waals surface area contributed by atoms with Gasteiger partial charge in [-0.25, -0.2) is 18.1 Å². The molecule has 1 atom stereocenters. The van der Waals surface area contributed by atoms with Gasteiger partial charge in [0.1, 0.15) is 18.2 Å². The Bertz CT molecular complexity index is 1040. The van der Waals surface area contributed by atoms with Crippen molar-refractivity contribution in [3.63, 3.8) is 0 Å². The molecule has 2 aromatic carbocycles. The average molecular weight is 388 g/mol. The van der Waals surface area contributed by atoms with Crippen LogP contribution < -0.4 is 9.46 Å². The largest absolute Gasteiger partial charge is 0.486 e. The highest BCUT2D eigenvalue weighted by atomic mass is 32.2. The average Bonchev–Trinajstić information content (AvgIpc) is 2.88. The highest BCUT2D eigenvalue weighted by molar-refractivity contribution is 7.88. The molecule has 0 aliphatic carbocycles. The van der Waals surface area contributed by atoms with Gasteiger partial charge in [0.15, 0.2) is 0 Å². The molecule has 0 amide bonds. The lowest BCUT2D eigenvalue weighted by atomic mass is 10.1. The summed E-state index contributed by atoms with van der Waals surface area (Å²) >= 11 is 0. The molecular formula is C20H25N3O3S. The van der Waals surface area contributed by atoms with Crippen molar-refractivity contribution in [1.29, 1.82) is 0 Å². The maximum absolute atomic E-state index is 11.3. The SMILES string of the molecule is Cc1ccc2nc(COc3ccc(CC(C)NS(C)(=O)=O)cc3)n(C)c2c1. The zero-order chi connectivity index (χ0) is 19.6. The molecule has 1 unspecified atom stereocenters. The van der Waals surface area contributed by atoms with E-state index in [9.17, 15) is 8.42 Å². The predicted octanol–water partition coefficient (Wildman–Crippen LogP) is 2.94. The Hall–Kier alpha value is -2.38. The molecule has 7 heteroatoms. The van der Waals surface area contributed by atoms with Gasteiger partial charge < -0.3 is 9.30 Å². The van der Waals surface area contributed by atoms with Gasteiger partial charge in [-0.2, -0.15) is 0 Å². The normalized spacial score (nSPS) is 13.0. The van der Waals surface area contributed by atoms with E-state index in [1.807, 2.05) is 44.3 Å². The number of nitrogens with one attached hydrogen (secondary N) is 1. The minimum absolute atomic E-state index is 0.157. The van der Waals surface area contributed by atoms with Crippen LogP contribution in [0.2, 0.25) is 0 Å². The van der Waals surface area contributed by atoms with Crippen LogP contribution in [0.4, 0.5) is 0 Å². The molecule has 0 bridgehead atoms. The number of aromatic nitrogens is 2. The van der Waals surface area contributed by atoms with Crippen molar-refractivity contribution in [2.24, 2.45) is 7.05 Å². The molecular weight excluding hydrogens is 362 g/mol. The minimum Gasteiger partial charge on any atom is -0.486 e. The molecule has 0 fully saturated rings. The third kappa shape index (κ3) is 5.08. The van der Waals surface area contributed by atoms with E-state index < -0.39 is 10.0 Å². The van der Waals surface area contributed by atoms with E-state index in [4.69, 9.17) is 4.74 Å². The third-order valence-electron chi connectivity index (χ3n) is 4.38. The second-order valence-corrected chi connectivity index (χ2v) is 8.79. The number of nitrogens with zero attached hydrogens (tertiary/aromatic N) is 2. The zero-order valence-corrected chi connectivity index (χ0v) is 16.9. The molecule has 3 rings (SSSR count). The topological polar surface area (TPSA) is 73.2 Å². The van der Waals surface area contributed by atoms with Gasteiger partial charge in [0, 0.05) is 13.1 Å². The molecule has 0 aliphatic heterocycles.